The lowest BCUT2D eigenvalue weighted by Gasteiger charge is -2.16. The Morgan fingerprint density at radius 2 is 1.33 bits per heavy atom. The van der Waals surface area contributed by atoms with Crippen LogP contribution in [-0.2, 0) is 18.2 Å². The molecule has 0 aliphatic heterocycles. The summed E-state index contributed by atoms with van der Waals surface area (Å²) in [6.07, 6.45) is 1.65. The maximum absolute atomic E-state index is 10.1. The van der Waals surface area contributed by atoms with Crippen LogP contribution < -0.4 is 0 Å². The third-order valence-electron chi connectivity index (χ3n) is 2.47. The molecule has 0 saturated heterocycles. The molecule has 0 heterocycles. The molecule has 0 atom stereocenters. The van der Waals surface area contributed by atoms with Crippen LogP contribution in [0.15, 0.2) is 8.95 Å². The van der Waals surface area contributed by atoms with Gasteiger partial charge in [0.1, 0.15) is 5.75 Å². The van der Waals surface area contributed by atoms with E-state index in [1.165, 1.54) is 5.56 Å². The minimum atomic E-state index is 0.420. The normalized spacial score (nSPS) is 10.7. The van der Waals surface area contributed by atoms with Crippen molar-refractivity contribution in [3.63, 3.8) is 0 Å². The van der Waals surface area contributed by atoms with Crippen molar-refractivity contribution in [2.45, 2.75) is 32.0 Å². The van der Waals surface area contributed by atoms with Gasteiger partial charge in [0.05, 0.1) is 0 Å². The highest BCUT2D eigenvalue weighted by atomic mass is 79.9. The topological polar surface area (TPSA) is 20.2 Å². The first kappa shape index (κ1) is 13.5. The summed E-state index contributed by atoms with van der Waals surface area (Å²) in [5.74, 6) is 0.420. The maximum Gasteiger partial charge on any atom is 0.124 e. The highest BCUT2D eigenvalue weighted by Gasteiger charge is 2.18. The minimum Gasteiger partial charge on any atom is -0.507 e. The summed E-state index contributed by atoms with van der Waals surface area (Å²) in [4.78, 5) is 0. The van der Waals surface area contributed by atoms with Crippen LogP contribution in [0.4, 0.5) is 0 Å². The molecule has 0 unspecified atom stereocenters. The molecule has 1 rings (SSSR count). The van der Waals surface area contributed by atoms with Gasteiger partial charge in [0.2, 0.25) is 0 Å². The predicted octanol–water partition coefficient (Wildman–Crippen LogP) is 4.94. The van der Waals surface area contributed by atoms with Crippen molar-refractivity contribution in [2.24, 2.45) is 0 Å². The first-order chi connectivity index (χ1) is 7.08. The Kier molecular flexibility index (Phi) is 5.13. The van der Waals surface area contributed by atoms with E-state index in [1.54, 1.807) is 0 Å². The smallest absolute Gasteiger partial charge is 0.124 e. The van der Waals surface area contributed by atoms with Gasteiger partial charge in [-0.1, -0.05) is 61.6 Å². The molecule has 84 valence electrons. The van der Waals surface area contributed by atoms with E-state index in [0.29, 0.717) is 5.75 Å². The number of aromatic hydroxyl groups is 1. The van der Waals surface area contributed by atoms with E-state index in [-0.39, 0.29) is 0 Å². The number of alkyl halides is 1. The van der Waals surface area contributed by atoms with E-state index in [2.05, 4.69) is 47.8 Å². The van der Waals surface area contributed by atoms with Crippen molar-refractivity contribution >= 4 is 47.8 Å². The molecule has 0 saturated carbocycles. The summed E-state index contributed by atoms with van der Waals surface area (Å²) in [7, 11) is 0. The second-order valence-electron chi connectivity index (χ2n) is 3.25. The minimum absolute atomic E-state index is 0.420. The number of phenolic OH excluding ortho intramolecular Hbond substituents is 1. The lowest BCUT2D eigenvalue weighted by Crippen LogP contribution is -1.97. The molecule has 0 aliphatic rings. The van der Waals surface area contributed by atoms with Crippen molar-refractivity contribution in [2.75, 3.05) is 0 Å². The molecule has 0 aromatic heterocycles. The average molecular weight is 401 g/mol. The number of halogens is 3. The summed E-state index contributed by atoms with van der Waals surface area (Å²) in [6.45, 7) is 4.09. The molecule has 1 aromatic carbocycles. The van der Waals surface area contributed by atoms with Crippen LogP contribution in [0.2, 0.25) is 0 Å². The third kappa shape index (κ3) is 2.42. The van der Waals surface area contributed by atoms with Crippen LogP contribution in [0, 0.1) is 0 Å². The second kappa shape index (κ2) is 5.69. The molecule has 1 nitrogen and oxygen atoms in total. The van der Waals surface area contributed by atoms with Gasteiger partial charge in [-0.2, -0.15) is 0 Å². The lowest BCUT2D eigenvalue weighted by molar-refractivity contribution is 0.461. The molecule has 1 aromatic rings. The first-order valence-corrected chi connectivity index (χ1v) is 7.55. The number of hydrogen-bond donors (Lipinski definition) is 1. The molecular formula is C11H13Br3O. The zero-order valence-electron chi connectivity index (χ0n) is 8.70. The highest BCUT2D eigenvalue weighted by Crippen LogP contribution is 2.41. The summed E-state index contributed by atoms with van der Waals surface area (Å²) >= 11 is 10.6. The van der Waals surface area contributed by atoms with Gasteiger partial charge in [-0.05, 0) is 18.4 Å². The van der Waals surface area contributed by atoms with Crippen LogP contribution in [0.3, 0.4) is 0 Å². The van der Waals surface area contributed by atoms with E-state index in [9.17, 15) is 5.11 Å². The van der Waals surface area contributed by atoms with Gasteiger partial charge in [0.25, 0.3) is 0 Å². The summed E-state index contributed by atoms with van der Waals surface area (Å²) in [6, 6.07) is 0. The Labute approximate surface area is 116 Å². The van der Waals surface area contributed by atoms with Gasteiger partial charge in [-0.15, -0.1) is 0 Å². The Hall–Kier alpha value is 0.460. The number of phenols is 1. The first-order valence-electron chi connectivity index (χ1n) is 4.84. The Morgan fingerprint density at radius 1 is 0.933 bits per heavy atom. The van der Waals surface area contributed by atoms with Crippen molar-refractivity contribution in [3.05, 3.63) is 25.6 Å². The third-order valence-corrected chi connectivity index (χ3v) is 4.95. The molecular weight excluding hydrogens is 388 g/mol. The van der Waals surface area contributed by atoms with Gasteiger partial charge in [-0.3, -0.25) is 0 Å². The Morgan fingerprint density at radius 3 is 1.60 bits per heavy atom. The molecule has 0 spiro atoms. The van der Waals surface area contributed by atoms with Crippen LogP contribution in [0.1, 0.15) is 30.5 Å². The molecule has 0 aliphatic carbocycles. The van der Waals surface area contributed by atoms with E-state index in [1.807, 2.05) is 13.8 Å². The van der Waals surface area contributed by atoms with Crippen LogP contribution >= 0.6 is 47.8 Å². The van der Waals surface area contributed by atoms with Crippen LogP contribution in [-0.4, -0.2) is 5.11 Å². The van der Waals surface area contributed by atoms with Crippen molar-refractivity contribution in [1.82, 2.24) is 0 Å². The van der Waals surface area contributed by atoms with Gasteiger partial charge in [-0.25, -0.2) is 0 Å². The van der Waals surface area contributed by atoms with Gasteiger partial charge >= 0.3 is 0 Å². The van der Waals surface area contributed by atoms with Crippen LogP contribution in [0.5, 0.6) is 5.75 Å². The lowest BCUT2D eigenvalue weighted by atomic mass is 10.0. The van der Waals surface area contributed by atoms with E-state index >= 15 is 0 Å². The van der Waals surface area contributed by atoms with Crippen LogP contribution in [0.25, 0.3) is 0 Å². The fourth-order valence-corrected chi connectivity index (χ4v) is 4.81. The van der Waals surface area contributed by atoms with E-state index < -0.39 is 0 Å². The van der Waals surface area contributed by atoms with Crippen molar-refractivity contribution in [1.29, 1.82) is 0 Å². The number of hydrogen-bond acceptors (Lipinski definition) is 1. The monoisotopic (exact) mass is 398 g/mol. The Bertz CT molecular complexity index is 296. The second-order valence-corrected chi connectivity index (χ2v) is 5.40. The van der Waals surface area contributed by atoms with Gasteiger partial charge in [0.15, 0.2) is 0 Å². The molecule has 4 heteroatoms. The van der Waals surface area contributed by atoms with Crippen molar-refractivity contribution < 1.29 is 5.11 Å². The fraction of sp³-hybridized carbons (Fsp3) is 0.455. The largest absolute Gasteiger partial charge is 0.507 e. The maximum atomic E-state index is 10.1. The fourth-order valence-electron chi connectivity index (χ4n) is 1.61. The summed E-state index contributed by atoms with van der Waals surface area (Å²) in [5.41, 5.74) is 3.15. The number of benzene rings is 1. The average Bonchev–Trinajstić information content (AvgIpc) is 2.19. The van der Waals surface area contributed by atoms with E-state index in [4.69, 9.17) is 0 Å². The van der Waals surface area contributed by atoms with Gasteiger partial charge < -0.3 is 5.11 Å². The SMILES string of the molecule is CCc1c(O)c(CC)c(Br)c(CBr)c1Br. The Balaban J connectivity index is 3.57. The summed E-state index contributed by atoms with van der Waals surface area (Å²) < 4.78 is 2.01. The van der Waals surface area contributed by atoms with E-state index in [0.717, 1.165) is 38.2 Å². The zero-order chi connectivity index (χ0) is 11.6. The van der Waals surface area contributed by atoms with Gasteiger partial charge in [0, 0.05) is 25.4 Å². The predicted molar refractivity (Wildman–Crippen MR) is 74.9 cm³/mol. The molecule has 0 fully saturated rings. The highest BCUT2D eigenvalue weighted by molar-refractivity contribution is 9.11. The molecule has 0 bridgehead atoms. The summed E-state index contributed by atoms with van der Waals surface area (Å²) in [5, 5.41) is 10.9. The number of rotatable bonds is 3. The molecule has 1 N–H and O–H groups in total. The zero-order valence-corrected chi connectivity index (χ0v) is 13.5. The molecule has 15 heavy (non-hydrogen) atoms. The standard InChI is InChI=1S/C11H13Br3O/c1-3-6-9(13)8(5-12)10(14)7(4-2)11(6)15/h15H,3-5H2,1-2H3. The van der Waals surface area contributed by atoms with Crippen molar-refractivity contribution in [3.8, 4) is 5.75 Å². The molecule has 0 radical (unpaired) electrons. The quantitative estimate of drug-likeness (QED) is 0.713. The molecule has 0 amide bonds.